The first-order chi connectivity index (χ1) is 17.8. The van der Waals surface area contributed by atoms with Crippen LogP contribution in [0.25, 0.3) is 0 Å². The van der Waals surface area contributed by atoms with E-state index in [1.807, 2.05) is 43.3 Å². The molecule has 1 aliphatic carbocycles. The smallest absolute Gasteiger partial charge is 0.336 e. The molecule has 0 saturated carbocycles. The molecule has 37 heavy (non-hydrogen) atoms. The van der Waals surface area contributed by atoms with Gasteiger partial charge in [-0.1, -0.05) is 58.7 Å². The van der Waals surface area contributed by atoms with Gasteiger partial charge in [0.05, 0.1) is 26.7 Å². The Kier molecular flexibility index (Phi) is 8.90. The summed E-state index contributed by atoms with van der Waals surface area (Å²) in [5.74, 6) is -0.345. The molecule has 0 N–H and O–H groups in total. The second-order valence-corrected chi connectivity index (χ2v) is 10.3. The predicted octanol–water partition coefficient (Wildman–Crippen LogP) is 6.57. The van der Waals surface area contributed by atoms with Crippen molar-refractivity contribution >= 4 is 39.3 Å². The Morgan fingerprint density at radius 3 is 2.05 bits per heavy atom. The van der Waals surface area contributed by atoms with E-state index in [4.69, 9.17) is 30.5 Å². The van der Waals surface area contributed by atoms with Gasteiger partial charge in [-0.25, -0.2) is 4.79 Å². The van der Waals surface area contributed by atoms with E-state index in [9.17, 15) is 9.59 Å². The standard InChI is InChI=1S/C29H28BrClO6/c1-17-25(27(32)23-13-8-20(31)14-24(23)26(17)30)28(36-15-18-4-9-21(34-2)10-5-18)29(33)37-16-19-6-11-22(35-3)12-7-19/h4-14,17,25-26,28H,15-16H2,1-3H3/t17-,25?,26-,28?/m1/s1. The van der Waals surface area contributed by atoms with Crippen LogP contribution in [-0.4, -0.2) is 32.1 Å². The molecule has 0 aliphatic heterocycles. The van der Waals surface area contributed by atoms with Crippen molar-refractivity contribution < 1.29 is 28.5 Å². The summed E-state index contributed by atoms with van der Waals surface area (Å²) in [5.41, 5.74) is 2.97. The maximum Gasteiger partial charge on any atom is 0.336 e. The number of rotatable bonds is 9. The Morgan fingerprint density at radius 2 is 1.49 bits per heavy atom. The van der Waals surface area contributed by atoms with E-state index in [1.165, 1.54) is 0 Å². The lowest BCUT2D eigenvalue weighted by Crippen LogP contribution is -2.45. The van der Waals surface area contributed by atoms with E-state index in [2.05, 4.69) is 15.9 Å². The van der Waals surface area contributed by atoms with Gasteiger partial charge in [0, 0.05) is 15.4 Å². The lowest BCUT2D eigenvalue weighted by Gasteiger charge is -2.37. The first-order valence-electron chi connectivity index (χ1n) is 11.8. The number of ketones is 1. The molecule has 3 aromatic rings. The molecule has 4 atom stereocenters. The van der Waals surface area contributed by atoms with Crippen molar-refractivity contribution in [3.63, 3.8) is 0 Å². The van der Waals surface area contributed by atoms with Crippen LogP contribution in [0.3, 0.4) is 0 Å². The molecule has 4 rings (SSSR count). The molecule has 0 amide bonds. The molecule has 0 saturated heterocycles. The molecule has 3 aromatic carbocycles. The van der Waals surface area contributed by atoms with Crippen molar-refractivity contribution in [2.24, 2.45) is 11.8 Å². The van der Waals surface area contributed by atoms with Gasteiger partial charge in [-0.2, -0.15) is 0 Å². The van der Waals surface area contributed by atoms with E-state index in [1.54, 1.807) is 44.6 Å². The Balaban J connectivity index is 1.59. The zero-order valence-electron chi connectivity index (χ0n) is 20.8. The minimum absolute atomic E-state index is 0.0461. The van der Waals surface area contributed by atoms with Gasteiger partial charge in [-0.05, 0) is 65.1 Å². The molecule has 0 heterocycles. The summed E-state index contributed by atoms with van der Waals surface area (Å²) >= 11 is 9.93. The fourth-order valence-corrected chi connectivity index (χ4v) is 5.36. The predicted molar refractivity (Wildman–Crippen MR) is 144 cm³/mol. The van der Waals surface area contributed by atoms with E-state index in [-0.39, 0.29) is 29.7 Å². The highest BCUT2D eigenvalue weighted by molar-refractivity contribution is 9.09. The number of fused-ring (bicyclic) bond motifs is 1. The van der Waals surface area contributed by atoms with Crippen molar-refractivity contribution in [2.45, 2.75) is 31.1 Å². The van der Waals surface area contributed by atoms with Gasteiger partial charge in [-0.3, -0.25) is 4.79 Å². The van der Waals surface area contributed by atoms with Gasteiger partial charge in [0.1, 0.15) is 18.1 Å². The van der Waals surface area contributed by atoms with Crippen molar-refractivity contribution in [3.8, 4) is 11.5 Å². The number of esters is 1. The Morgan fingerprint density at radius 1 is 0.919 bits per heavy atom. The molecule has 8 heteroatoms. The molecule has 0 spiro atoms. The van der Waals surface area contributed by atoms with Gasteiger partial charge in [0.15, 0.2) is 11.9 Å². The number of halogens is 2. The fourth-order valence-electron chi connectivity index (χ4n) is 4.47. The number of benzene rings is 3. The maximum atomic E-state index is 13.7. The lowest BCUT2D eigenvalue weighted by atomic mass is 9.73. The number of carbonyl (C=O) groups is 2. The third-order valence-corrected chi connectivity index (χ3v) is 8.16. The van der Waals surface area contributed by atoms with Crippen molar-refractivity contribution in [3.05, 3.63) is 94.0 Å². The molecule has 0 radical (unpaired) electrons. The van der Waals surface area contributed by atoms with Crippen LogP contribution in [0.1, 0.15) is 38.8 Å². The van der Waals surface area contributed by atoms with Crippen LogP contribution in [0.5, 0.6) is 11.5 Å². The van der Waals surface area contributed by atoms with Crippen LogP contribution in [-0.2, 0) is 27.5 Å². The van der Waals surface area contributed by atoms with Gasteiger partial charge in [0.25, 0.3) is 0 Å². The third kappa shape index (κ3) is 6.17. The first kappa shape index (κ1) is 27.2. The van der Waals surface area contributed by atoms with Gasteiger partial charge < -0.3 is 18.9 Å². The van der Waals surface area contributed by atoms with Gasteiger partial charge >= 0.3 is 5.97 Å². The summed E-state index contributed by atoms with van der Waals surface area (Å²) in [5, 5.41) is 0.549. The fraction of sp³-hybridized carbons (Fsp3) is 0.310. The Hall–Kier alpha value is -2.87. The molecule has 0 aromatic heterocycles. The third-order valence-electron chi connectivity index (χ3n) is 6.59. The maximum absolute atomic E-state index is 13.7. The number of carbonyl (C=O) groups excluding carboxylic acids is 2. The topological polar surface area (TPSA) is 71.1 Å². The number of ether oxygens (including phenoxy) is 4. The number of Topliss-reactive ketones (excluding diaryl/α,β-unsaturated/α-hetero) is 1. The summed E-state index contributed by atoms with van der Waals surface area (Å²) in [6, 6.07) is 19.8. The lowest BCUT2D eigenvalue weighted by molar-refractivity contribution is -0.163. The molecule has 194 valence electrons. The van der Waals surface area contributed by atoms with Crippen LogP contribution in [0.2, 0.25) is 5.02 Å². The average Bonchev–Trinajstić information content (AvgIpc) is 2.92. The van der Waals surface area contributed by atoms with E-state index < -0.39 is 18.0 Å². The SMILES string of the molecule is COc1ccc(COC(=O)C(OCc2ccc(OC)cc2)C2C(=O)c3ccc(Cl)cc3[C@H](Br)[C@@H]2C)cc1. The van der Waals surface area contributed by atoms with Crippen LogP contribution in [0.4, 0.5) is 0 Å². The summed E-state index contributed by atoms with van der Waals surface area (Å²) in [6.07, 6.45) is -1.10. The van der Waals surface area contributed by atoms with E-state index in [0.717, 1.165) is 16.7 Å². The van der Waals surface area contributed by atoms with Crippen LogP contribution < -0.4 is 9.47 Å². The van der Waals surface area contributed by atoms with Gasteiger partial charge in [0.2, 0.25) is 0 Å². The highest BCUT2D eigenvalue weighted by atomic mass is 79.9. The normalized spacial score (nSPS) is 19.6. The monoisotopic (exact) mass is 586 g/mol. The molecule has 0 fully saturated rings. The second kappa shape index (κ2) is 12.1. The van der Waals surface area contributed by atoms with Crippen LogP contribution >= 0.6 is 27.5 Å². The summed E-state index contributed by atoms with van der Waals surface area (Å²) < 4.78 is 22.2. The van der Waals surface area contributed by atoms with Crippen molar-refractivity contribution in [1.29, 1.82) is 0 Å². The first-order valence-corrected chi connectivity index (χ1v) is 13.1. The molecule has 1 aliphatic rings. The summed E-state index contributed by atoms with van der Waals surface area (Å²) in [7, 11) is 3.18. The Bertz CT molecular complexity index is 1240. The number of hydrogen-bond acceptors (Lipinski definition) is 6. The highest BCUT2D eigenvalue weighted by Gasteiger charge is 2.46. The summed E-state index contributed by atoms with van der Waals surface area (Å²) in [4.78, 5) is 26.9. The molecule has 0 bridgehead atoms. The largest absolute Gasteiger partial charge is 0.497 e. The molecular weight excluding hydrogens is 560 g/mol. The molecule has 2 unspecified atom stereocenters. The Labute approximate surface area is 230 Å². The molecular formula is C29H28BrClO6. The zero-order valence-corrected chi connectivity index (χ0v) is 23.1. The van der Waals surface area contributed by atoms with Crippen molar-refractivity contribution in [1.82, 2.24) is 0 Å². The second-order valence-electron chi connectivity index (χ2n) is 8.92. The molecule has 6 nitrogen and oxygen atoms in total. The number of methoxy groups -OCH3 is 2. The quantitative estimate of drug-likeness (QED) is 0.208. The average molecular weight is 588 g/mol. The van der Waals surface area contributed by atoms with E-state index in [0.29, 0.717) is 22.1 Å². The number of alkyl halides is 1. The van der Waals surface area contributed by atoms with Crippen molar-refractivity contribution in [2.75, 3.05) is 14.2 Å². The van der Waals surface area contributed by atoms with Crippen LogP contribution in [0.15, 0.2) is 66.7 Å². The van der Waals surface area contributed by atoms with Gasteiger partial charge in [-0.15, -0.1) is 0 Å². The van der Waals surface area contributed by atoms with Crippen LogP contribution in [0, 0.1) is 11.8 Å². The minimum Gasteiger partial charge on any atom is -0.497 e. The minimum atomic E-state index is -1.10. The number of hydrogen-bond donors (Lipinski definition) is 0. The van der Waals surface area contributed by atoms with E-state index >= 15 is 0 Å². The zero-order chi connectivity index (χ0) is 26.5. The highest BCUT2D eigenvalue weighted by Crippen LogP contribution is 2.46. The summed E-state index contributed by atoms with van der Waals surface area (Å²) in [6.45, 7) is 2.10.